The highest BCUT2D eigenvalue weighted by Gasteiger charge is 2.35. The maximum atomic E-state index is 6.09. The smallest absolute Gasteiger partial charge is 0.227 e. The van der Waals surface area contributed by atoms with Crippen molar-refractivity contribution in [2.45, 2.75) is 19.3 Å². The molecule has 9 aromatic carbocycles. The minimum Gasteiger partial charge on any atom is -0.436 e. The lowest BCUT2D eigenvalue weighted by atomic mass is 9.81. The van der Waals surface area contributed by atoms with Crippen molar-refractivity contribution in [2.75, 3.05) is 0 Å². The average Bonchev–Trinajstić information content (AvgIpc) is 3.97. The van der Waals surface area contributed by atoms with Crippen molar-refractivity contribution < 1.29 is 4.42 Å². The van der Waals surface area contributed by atoms with Crippen molar-refractivity contribution in [3.63, 3.8) is 0 Å². The van der Waals surface area contributed by atoms with Crippen molar-refractivity contribution in [3.05, 3.63) is 217 Å². The number of nitrogens with zero attached hydrogens (tertiary/aromatic N) is 2. The van der Waals surface area contributed by atoms with Crippen molar-refractivity contribution in [1.29, 1.82) is 0 Å². The molecule has 0 fully saturated rings. The molecule has 1 aliphatic carbocycles. The fourth-order valence-electron chi connectivity index (χ4n) is 9.84. The first-order valence-corrected chi connectivity index (χ1v) is 21.0. The number of para-hydroxylation sites is 3. The zero-order valence-corrected chi connectivity index (χ0v) is 33.9. The monoisotopic (exact) mass is 780 g/mol. The summed E-state index contributed by atoms with van der Waals surface area (Å²) in [5.74, 6) is 0.629. The molecule has 0 amide bonds. The third-order valence-electron chi connectivity index (χ3n) is 12.9. The van der Waals surface area contributed by atoms with Crippen LogP contribution in [0.15, 0.2) is 211 Å². The van der Waals surface area contributed by atoms with E-state index in [4.69, 9.17) is 9.40 Å². The van der Waals surface area contributed by atoms with Gasteiger partial charge in [-0.3, -0.25) is 0 Å². The van der Waals surface area contributed by atoms with Crippen molar-refractivity contribution in [2.24, 2.45) is 0 Å². The van der Waals surface area contributed by atoms with Gasteiger partial charge in [-0.2, -0.15) is 0 Å². The quantitative estimate of drug-likeness (QED) is 0.168. The number of oxazole rings is 1. The van der Waals surface area contributed by atoms with Crippen LogP contribution in [0.25, 0.3) is 106 Å². The predicted molar refractivity (Wildman–Crippen MR) is 253 cm³/mol. The highest BCUT2D eigenvalue weighted by atomic mass is 16.3. The fraction of sp³-hybridized carbons (Fsp3) is 0.0517. The zero-order chi connectivity index (χ0) is 40.7. The number of rotatable bonds is 6. The predicted octanol–water partition coefficient (Wildman–Crippen LogP) is 15.6. The summed E-state index contributed by atoms with van der Waals surface area (Å²) in [5, 5.41) is 2.46. The van der Waals surface area contributed by atoms with Gasteiger partial charge in [0.15, 0.2) is 5.58 Å². The molecule has 1 aliphatic rings. The highest BCUT2D eigenvalue weighted by molar-refractivity contribution is 6.12. The molecule has 3 nitrogen and oxygen atoms in total. The summed E-state index contributed by atoms with van der Waals surface area (Å²) in [5.41, 5.74) is 21.1. The number of fused-ring (bicyclic) bond motifs is 7. The summed E-state index contributed by atoms with van der Waals surface area (Å²) in [6.45, 7) is 4.71. The lowest BCUT2D eigenvalue weighted by molar-refractivity contribution is 0.620. The molecule has 0 N–H and O–H groups in total. The van der Waals surface area contributed by atoms with E-state index in [0.29, 0.717) is 5.89 Å². The first-order valence-electron chi connectivity index (χ1n) is 21.0. The maximum Gasteiger partial charge on any atom is 0.227 e. The first-order chi connectivity index (χ1) is 30.0. The molecule has 0 saturated heterocycles. The number of benzene rings is 9. The van der Waals surface area contributed by atoms with Crippen LogP contribution in [0.4, 0.5) is 0 Å². The Morgan fingerprint density at radius 3 is 1.62 bits per heavy atom. The van der Waals surface area contributed by atoms with E-state index in [1.807, 2.05) is 24.3 Å². The highest BCUT2D eigenvalue weighted by Crippen LogP contribution is 2.50. The van der Waals surface area contributed by atoms with E-state index in [1.54, 1.807) is 0 Å². The lowest BCUT2D eigenvalue weighted by Gasteiger charge is -2.22. The molecule has 288 valence electrons. The minimum absolute atomic E-state index is 0.0628. The summed E-state index contributed by atoms with van der Waals surface area (Å²) in [4.78, 5) is 4.73. The molecule has 61 heavy (non-hydrogen) atoms. The Morgan fingerprint density at radius 1 is 0.393 bits per heavy atom. The third-order valence-corrected chi connectivity index (χ3v) is 12.9. The zero-order valence-electron chi connectivity index (χ0n) is 33.9. The van der Waals surface area contributed by atoms with E-state index in [1.165, 1.54) is 83.0 Å². The second-order valence-corrected chi connectivity index (χ2v) is 16.7. The van der Waals surface area contributed by atoms with Gasteiger partial charge >= 0.3 is 0 Å². The van der Waals surface area contributed by atoms with E-state index in [2.05, 4.69) is 200 Å². The topological polar surface area (TPSA) is 31.0 Å². The minimum atomic E-state index is -0.0628. The molecule has 2 heterocycles. The van der Waals surface area contributed by atoms with Crippen LogP contribution in [0.3, 0.4) is 0 Å². The number of hydrogen-bond donors (Lipinski definition) is 0. The van der Waals surface area contributed by atoms with Gasteiger partial charge in [-0.25, -0.2) is 4.98 Å². The van der Waals surface area contributed by atoms with E-state index >= 15 is 0 Å². The van der Waals surface area contributed by atoms with Crippen LogP contribution in [-0.2, 0) is 5.41 Å². The Hall–Kier alpha value is -7.75. The summed E-state index contributed by atoms with van der Waals surface area (Å²) < 4.78 is 8.50. The molecule has 0 bridgehead atoms. The molecular formula is C58H40N2O. The largest absolute Gasteiger partial charge is 0.436 e. The Kier molecular flexibility index (Phi) is 7.88. The maximum absolute atomic E-state index is 6.09. The van der Waals surface area contributed by atoms with E-state index < -0.39 is 0 Å². The Bertz CT molecular complexity index is 3460. The lowest BCUT2D eigenvalue weighted by Crippen LogP contribution is -2.14. The molecule has 0 radical (unpaired) electrons. The third kappa shape index (κ3) is 5.62. The molecule has 0 unspecified atom stereocenters. The molecule has 12 rings (SSSR count). The molecule has 11 aromatic rings. The van der Waals surface area contributed by atoms with Crippen LogP contribution in [0, 0.1) is 0 Å². The summed E-state index contributed by atoms with van der Waals surface area (Å²) >= 11 is 0. The van der Waals surface area contributed by atoms with Crippen molar-refractivity contribution in [1.82, 2.24) is 9.55 Å². The summed E-state index contributed by atoms with van der Waals surface area (Å²) in [7, 11) is 0. The molecular weight excluding hydrogens is 741 g/mol. The molecule has 0 aliphatic heterocycles. The van der Waals surface area contributed by atoms with Crippen LogP contribution in [0.1, 0.15) is 25.0 Å². The number of hydrogen-bond acceptors (Lipinski definition) is 2. The van der Waals surface area contributed by atoms with Gasteiger partial charge in [0.2, 0.25) is 5.89 Å². The van der Waals surface area contributed by atoms with Crippen LogP contribution in [-0.4, -0.2) is 9.55 Å². The van der Waals surface area contributed by atoms with Gasteiger partial charge in [0.1, 0.15) is 5.52 Å². The first kappa shape index (κ1) is 35.2. The molecule has 0 spiro atoms. The normalized spacial score (nSPS) is 12.9. The van der Waals surface area contributed by atoms with E-state index in [0.717, 1.165) is 27.9 Å². The van der Waals surface area contributed by atoms with Crippen LogP contribution < -0.4 is 0 Å². The van der Waals surface area contributed by atoms with Crippen molar-refractivity contribution >= 4 is 32.9 Å². The molecule has 3 heteroatoms. The standard InChI is InChI=1S/C58H40N2O/c1-58(2)51-21-11-10-20-47(51)48-31-28-40(36-52(48)58)39-29-32-54-49(34-39)50-35-41(30-33-55(50)60(54)42-14-4-3-5-15-42)44-17-7-9-19-46(44)45-18-8-6-16-43(45)37-24-26-38(27-25-37)57-59-53-22-12-13-23-56(53)61-57/h3-36H,1-2H3. The Balaban J connectivity index is 0.979. The second kappa shape index (κ2) is 13.7. The Labute approximate surface area is 354 Å². The van der Waals surface area contributed by atoms with Gasteiger partial charge in [0.25, 0.3) is 0 Å². The van der Waals surface area contributed by atoms with Crippen LogP contribution >= 0.6 is 0 Å². The average molecular weight is 781 g/mol. The second-order valence-electron chi connectivity index (χ2n) is 16.7. The fourth-order valence-corrected chi connectivity index (χ4v) is 9.84. The molecule has 0 saturated carbocycles. The van der Waals surface area contributed by atoms with Gasteiger partial charge in [-0.1, -0.05) is 153 Å². The van der Waals surface area contributed by atoms with Crippen LogP contribution in [0.5, 0.6) is 0 Å². The Morgan fingerprint density at radius 2 is 0.902 bits per heavy atom. The van der Waals surface area contributed by atoms with Crippen molar-refractivity contribution in [3.8, 4) is 72.8 Å². The number of aromatic nitrogens is 2. The summed E-state index contributed by atoms with van der Waals surface area (Å²) in [6, 6.07) is 74.7. The van der Waals surface area contributed by atoms with Crippen LogP contribution in [0.2, 0.25) is 0 Å². The van der Waals surface area contributed by atoms with Gasteiger partial charge in [0, 0.05) is 27.4 Å². The molecule has 2 aromatic heterocycles. The SMILES string of the molecule is CC1(C)c2ccccc2-c2ccc(-c3ccc4c(c3)c3cc(-c5ccccc5-c5ccccc5-c5ccc(-c6nc7ccccc7o6)cc5)ccc3n4-c3ccccc3)cc21. The summed E-state index contributed by atoms with van der Waals surface area (Å²) in [6.07, 6.45) is 0. The molecule has 0 atom stereocenters. The van der Waals surface area contributed by atoms with Gasteiger partial charge in [0.05, 0.1) is 11.0 Å². The van der Waals surface area contributed by atoms with Gasteiger partial charge < -0.3 is 8.98 Å². The van der Waals surface area contributed by atoms with Gasteiger partial charge in [-0.15, -0.1) is 0 Å². The van der Waals surface area contributed by atoms with Gasteiger partial charge in [-0.05, 0) is 133 Å². The van der Waals surface area contributed by atoms with E-state index in [9.17, 15) is 0 Å². The van der Waals surface area contributed by atoms with E-state index in [-0.39, 0.29) is 5.41 Å².